The van der Waals surface area contributed by atoms with Crippen LogP contribution in [0.1, 0.15) is 0 Å². The molecule has 106 valence electrons. The van der Waals surface area contributed by atoms with Gasteiger partial charge in [-0.05, 0) is 5.57 Å². The molecule has 2 rings (SSSR count). The molecular weight excluding hydrogens is 232 g/mol. The van der Waals surface area contributed by atoms with Crippen molar-refractivity contribution < 1.29 is 10.2 Å². The molecule has 0 atom stereocenters. The summed E-state index contributed by atoms with van der Waals surface area (Å²) in [6.07, 6.45) is 0. The number of nitrogens with zero attached hydrogens (tertiary/aromatic N) is 4. The lowest BCUT2D eigenvalue weighted by Crippen LogP contribution is -2.38. The van der Waals surface area contributed by atoms with E-state index in [2.05, 4.69) is 30.7 Å². The van der Waals surface area contributed by atoms with Crippen molar-refractivity contribution in [2.75, 3.05) is 61.0 Å². The molecule has 18 heavy (non-hydrogen) atoms. The van der Waals surface area contributed by atoms with Crippen molar-refractivity contribution in [1.29, 1.82) is 0 Å². The Morgan fingerprint density at radius 1 is 1.00 bits per heavy atom. The first-order chi connectivity index (χ1) is 8.27. The van der Waals surface area contributed by atoms with Crippen molar-refractivity contribution in [2.24, 2.45) is 0 Å². The summed E-state index contributed by atoms with van der Waals surface area (Å²) < 4.78 is 0. The van der Waals surface area contributed by atoms with E-state index in [0.29, 0.717) is 13.1 Å². The normalized spacial score (nSPS) is 26.4. The van der Waals surface area contributed by atoms with Crippen molar-refractivity contribution in [3.8, 4) is 0 Å². The lowest BCUT2D eigenvalue weighted by Gasteiger charge is -2.16. The highest BCUT2D eigenvalue weighted by atomic mass is 16.3. The van der Waals surface area contributed by atoms with E-state index < -0.39 is 5.60 Å². The van der Waals surface area contributed by atoms with Gasteiger partial charge in [-0.15, -0.1) is 0 Å². The molecule has 0 radical (unpaired) electrons. The lowest BCUT2D eigenvalue weighted by molar-refractivity contribution is 0.00486. The molecule has 0 amide bonds. The van der Waals surface area contributed by atoms with Crippen LogP contribution in [0.15, 0.2) is 12.2 Å². The van der Waals surface area contributed by atoms with Gasteiger partial charge >= 0.3 is 0 Å². The van der Waals surface area contributed by atoms with Gasteiger partial charge in [0.15, 0.2) is 0 Å². The fourth-order valence-electron chi connectivity index (χ4n) is 2.18. The molecule has 6 heteroatoms. The second-order valence-corrected chi connectivity index (χ2v) is 5.40. The van der Waals surface area contributed by atoms with Crippen molar-refractivity contribution in [1.82, 2.24) is 20.0 Å². The molecule has 2 aliphatic heterocycles. The Morgan fingerprint density at radius 3 is 1.56 bits per heavy atom. The maximum Gasteiger partial charge on any atom is 0.116 e. The van der Waals surface area contributed by atoms with Gasteiger partial charge in [0.2, 0.25) is 0 Å². The van der Waals surface area contributed by atoms with E-state index in [4.69, 9.17) is 5.11 Å². The van der Waals surface area contributed by atoms with Crippen LogP contribution >= 0.6 is 0 Å². The van der Waals surface area contributed by atoms with E-state index in [1.807, 2.05) is 24.1 Å². The Balaban J connectivity index is 0.000000184. The van der Waals surface area contributed by atoms with Crippen LogP contribution in [0, 0.1) is 0 Å². The van der Waals surface area contributed by atoms with E-state index >= 15 is 0 Å². The monoisotopic (exact) mass is 258 g/mol. The minimum Gasteiger partial charge on any atom is -0.393 e. The highest BCUT2D eigenvalue weighted by molar-refractivity contribution is 5.03. The summed E-state index contributed by atoms with van der Waals surface area (Å²) in [6.45, 7) is 6.78. The summed E-state index contributed by atoms with van der Waals surface area (Å²) in [7, 11) is 7.90. The Hall–Kier alpha value is -0.500. The van der Waals surface area contributed by atoms with Crippen LogP contribution in [-0.2, 0) is 0 Å². The minimum atomic E-state index is -0.913. The molecule has 0 bridgehead atoms. The number of aliphatic hydroxyl groups excluding tert-OH is 1. The van der Waals surface area contributed by atoms with E-state index in [9.17, 15) is 5.11 Å². The van der Waals surface area contributed by atoms with Gasteiger partial charge in [0, 0.05) is 54.4 Å². The predicted molar refractivity (Wildman–Crippen MR) is 71.7 cm³/mol. The third-order valence-corrected chi connectivity index (χ3v) is 3.41. The molecule has 0 aromatic heterocycles. The maximum absolute atomic E-state index is 9.51. The highest BCUT2D eigenvalue weighted by Crippen LogP contribution is 2.16. The Labute approximate surface area is 110 Å². The molecule has 0 saturated carbocycles. The number of hydrazine groups is 2. The number of aliphatic hydroxyl groups is 2. The number of hydrogen-bond donors (Lipinski definition) is 2. The average molecular weight is 258 g/mol. The summed E-state index contributed by atoms with van der Waals surface area (Å²) in [5.74, 6) is 0. The summed E-state index contributed by atoms with van der Waals surface area (Å²) >= 11 is 0. The predicted octanol–water partition coefficient (Wildman–Crippen LogP) is -1.16. The first-order valence-corrected chi connectivity index (χ1v) is 6.11. The zero-order valence-electron chi connectivity index (χ0n) is 11.9. The molecule has 0 unspecified atom stereocenters. The Bertz CT molecular complexity index is 276. The van der Waals surface area contributed by atoms with Crippen LogP contribution < -0.4 is 0 Å². The van der Waals surface area contributed by atoms with E-state index in [1.54, 1.807) is 0 Å². The summed E-state index contributed by atoms with van der Waals surface area (Å²) in [5, 5.41) is 26.3. The van der Waals surface area contributed by atoms with Crippen LogP contribution in [0.25, 0.3) is 0 Å². The van der Waals surface area contributed by atoms with Crippen LogP contribution in [0.2, 0.25) is 0 Å². The van der Waals surface area contributed by atoms with Crippen LogP contribution in [0.5, 0.6) is 0 Å². The van der Waals surface area contributed by atoms with Crippen LogP contribution in [-0.4, -0.2) is 96.8 Å². The largest absolute Gasteiger partial charge is 0.393 e. The number of β-amino-alcohol motifs (C(OH)–C–C–N with tert-alkyl or cyclic N) is 1. The van der Waals surface area contributed by atoms with Crippen molar-refractivity contribution >= 4 is 0 Å². The van der Waals surface area contributed by atoms with Gasteiger partial charge in [-0.1, -0.05) is 6.58 Å². The molecular formula is C12H26N4O2. The van der Waals surface area contributed by atoms with Crippen molar-refractivity contribution in [3.05, 3.63) is 12.2 Å². The molecule has 0 aromatic carbocycles. The van der Waals surface area contributed by atoms with Gasteiger partial charge in [-0.25, -0.2) is 20.0 Å². The molecule has 2 aliphatic rings. The topological polar surface area (TPSA) is 53.4 Å². The molecule has 0 aromatic rings. The van der Waals surface area contributed by atoms with Crippen molar-refractivity contribution in [3.63, 3.8) is 0 Å². The molecule has 2 N–H and O–H groups in total. The van der Waals surface area contributed by atoms with E-state index in [1.165, 1.54) is 5.57 Å². The second kappa shape index (κ2) is 6.10. The molecule has 2 heterocycles. The maximum atomic E-state index is 9.51. The second-order valence-electron chi connectivity index (χ2n) is 5.40. The van der Waals surface area contributed by atoms with Gasteiger partial charge in [-0.3, -0.25) is 0 Å². The van der Waals surface area contributed by atoms with E-state index in [0.717, 1.165) is 13.1 Å². The van der Waals surface area contributed by atoms with Gasteiger partial charge in [-0.2, -0.15) is 0 Å². The third-order valence-electron chi connectivity index (χ3n) is 3.41. The zero-order valence-corrected chi connectivity index (χ0v) is 11.9. The Kier molecular flexibility index (Phi) is 5.27. The smallest absolute Gasteiger partial charge is 0.116 e. The molecule has 6 nitrogen and oxygen atoms in total. The number of rotatable bonds is 1. The number of hydrogen-bond acceptors (Lipinski definition) is 6. The van der Waals surface area contributed by atoms with E-state index in [-0.39, 0.29) is 6.61 Å². The van der Waals surface area contributed by atoms with Gasteiger partial charge in [0.25, 0.3) is 0 Å². The average Bonchev–Trinajstić information content (AvgIpc) is 2.70. The fourth-order valence-corrected chi connectivity index (χ4v) is 2.18. The SMILES string of the molecule is C=C1CN(C)N(C)C1.CN1CC(O)(CO)CN1C. The van der Waals surface area contributed by atoms with Gasteiger partial charge in [0.05, 0.1) is 6.61 Å². The fraction of sp³-hybridized carbons (Fsp3) is 0.833. The summed E-state index contributed by atoms with van der Waals surface area (Å²) in [4.78, 5) is 0. The molecule has 0 aliphatic carbocycles. The first-order valence-electron chi connectivity index (χ1n) is 6.11. The molecule has 2 fully saturated rings. The van der Waals surface area contributed by atoms with Gasteiger partial charge < -0.3 is 10.2 Å². The lowest BCUT2D eigenvalue weighted by atomic mass is 10.1. The quantitative estimate of drug-likeness (QED) is 0.579. The van der Waals surface area contributed by atoms with Crippen molar-refractivity contribution in [2.45, 2.75) is 5.60 Å². The van der Waals surface area contributed by atoms with Gasteiger partial charge in [0.1, 0.15) is 5.60 Å². The standard InChI is InChI=1S/C6H14N2O2.C6H12N2/c1-7-3-6(10,5-9)4-8(7)2;1-6-4-7(2)8(3)5-6/h9-10H,3-5H2,1-2H3;1,4-5H2,2-3H3. The highest BCUT2D eigenvalue weighted by Gasteiger charge is 2.37. The first kappa shape index (κ1) is 15.6. The molecule has 0 spiro atoms. The summed E-state index contributed by atoms with van der Waals surface area (Å²) in [6, 6.07) is 0. The zero-order chi connectivity index (χ0) is 13.9. The summed E-state index contributed by atoms with van der Waals surface area (Å²) in [5.41, 5.74) is 0.388. The number of likely N-dealkylation sites (N-methyl/N-ethyl adjacent to an activating group) is 4. The molecule has 2 saturated heterocycles. The third kappa shape index (κ3) is 4.01. The van der Waals surface area contributed by atoms with Crippen LogP contribution in [0.4, 0.5) is 0 Å². The minimum absolute atomic E-state index is 0.165. The Morgan fingerprint density at radius 2 is 1.39 bits per heavy atom. The van der Waals surface area contributed by atoms with Crippen LogP contribution in [0.3, 0.4) is 0 Å².